The quantitative estimate of drug-likeness (QED) is 0.727. The Balaban J connectivity index is 2.12. The maximum atomic E-state index is 13.0. The van der Waals surface area contributed by atoms with E-state index in [4.69, 9.17) is 0 Å². The van der Waals surface area contributed by atoms with E-state index in [2.05, 4.69) is 15.0 Å². The van der Waals surface area contributed by atoms with E-state index in [0.29, 0.717) is 5.82 Å². The van der Waals surface area contributed by atoms with Gasteiger partial charge in [-0.1, -0.05) is 18.2 Å². The number of nitrogens with zero attached hydrogens (tertiary/aromatic N) is 4. The lowest BCUT2D eigenvalue weighted by atomic mass is 10.1. The van der Waals surface area contributed by atoms with E-state index < -0.39 is 11.7 Å². The first-order chi connectivity index (χ1) is 10.1. The predicted octanol–water partition coefficient (Wildman–Crippen LogP) is 3.35. The van der Waals surface area contributed by atoms with E-state index in [0.717, 1.165) is 6.07 Å². The van der Waals surface area contributed by atoms with Gasteiger partial charge in [-0.25, -0.2) is 15.0 Å². The van der Waals surface area contributed by atoms with Crippen LogP contribution in [-0.4, -0.2) is 19.5 Å². The molecule has 0 saturated carbocycles. The molecular weight excluding hydrogens is 281 g/mol. The van der Waals surface area contributed by atoms with Crippen molar-refractivity contribution in [3.8, 4) is 17.2 Å². The summed E-state index contributed by atoms with van der Waals surface area (Å²) in [6.07, 6.45) is 1.70. The van der Waals surface area contributed by atoms with E-state index in [1.54, 1.807) is 23.0 Å². The van der Waals surface area contributed by atoms with Gasteiger partial charge in [-0.2, -0.15) is 13.2 Å². The van der Waals surface area contributed by atoms with Gasteiger partial charge in [-0.05, 0) is 12.1 Å². The lowest BCUT2D eigenvalue weighted by Crippen LogP contribution is -2.08. The lowest BCUT2D eigenvalue weighted by Gasteiger charge is -2.12. The first kappa shape index (κ1) is 13.3. The topological polar surface area (TPSA) is 43.6 Å². The van der Waals surface area contributed by atoms with Crippen molar-refractivity contribution in [2.75, 3.05) is 0 Å². The monoisotopic (exact) mass is 290 g/mol. The van der Waals surface area contributed by atoms with Crippen molar-refractivity contribution in [3.63, 3.8) is 0 Å². The van der Waals surface area contributed by atoms with Crippen LogP contribution in [0.4, 0.5) is 13.2 Å². The third-order valence-electron chi connectivity index (χ3n) is 2.88. The number of rotatable bonds is 2. The van der Waals surface area contributed by atoms with E-state index in [9.17, 15) is 13.2 Å². The molecule has 106 valence electrons. The Labute approximate surface area is 117 Å². The van der Waals surface area contributed by atoms with Crippen LogP contribution in [0.3, 0.4) is 0 Å². The number of hydrogen-bond acceptors (Lipinski definition) is 3. The number of halogens is 3. The summed E-state index contributed by atoms with van der Waals surface area (Å²) in [4.78, 5) is 12.0. The van der Waals surface area contributed by atoms with Crippen LogP contribution in [-0.2, 0) is 6.18 Å². The molecule has 0 unspecified atom stereocenters. The van der Waals surface area contributed by atoms with Gasteiger partial charge in [0.05, 0.1) is 5.56 Å². The zero-order valence-corrected chi connectivity index (χ0v) is 10.6. The van der Waals surface area contributed by atoms with Gasteiger partial charge >= 0.3 is 6.18 Å². The maximum absolute atomic E-state index is 13.0. The normalized spacial score (nSPS) is 11.6. The minimum Gasteiger partial charge on any atom is -0.290 e. The fourth-order valence-corrected chi connectivity index (χ4v) is 1.94. The highest BCUT2D eigenvalue weighted by atomic mass is 19.4. The number of alkyl halides is 3. The molecule has 0 aliphatic carbocycles. The highest BCUT2D eigenvalue weighted by Crippen LogP contribution is 2.35. The first-order valence-electron chi connectivity index (χ1n) is 6.04. The minimum absolute atomic E-state index is 0.0223. The molecule has 0 aliphatic heterocycles. The number of aromatic nitrogens is 4. The van der Waals surface area contributed by atoms with Crippen molar-refractivity contribution in [3.05, 3.63) is 60.8 Å². The van der Waals surface area contributed by atoms with Crippen LogP contribution < -0.4 is 0 Å². The van der Waals surface area contributed by atoms with Crippen LogP contribution in [0, 0.1) is 0 Å². The lowest BCUT2D eigenvalue weighted by molar-refractivity contribution is -0.137. The second-order valence-electron chi connectivity index (χ2n) is 4.25. The van der Waals surface area contributed by atoms with Crippen molar-refractivity contribution >= 4 is 0 Å². The standard InChI is InChI=1S/C14H9F3N4/c15-14(16,17)11-4-2-1-3-10(11)13-19-6-5-12(20-13)21-8-7-18-9-21/h1-9H. The molecule has 4 nitrogen and oxygen atoms in total. The second kappa shape index (κ2) is 5.01. The molecule has 21 heavy (non-hydrogen) atoms. The summed E-state index contributed by atoms with van der Waals surface area (Å²) < 4.78 is 40.7. The van der Waals surface area contributed by atoms with Gasteiger partial charge in [0.25, 0.3) is 0 Å². The SMILES string of the molecule is FC(F)(F)c1ccccc1-c1nccc(-n2ccnc2)n1. The summed E-state index contributed by atoms with van der Waals surface area (Å²) in [7, 11) is 0. The molecule has 0 atom stereocenters. The van der Waals surface area contributed by atoms with E-state index in [1.165, 1.54) is 30.7 Å². The minimum atomic E-state index is -4.45. The van der Waals surface area contributed by atoms with Gasteiger partial charge in [-0.3, -0.25) is 4.57 Å². The average molecular weight is 290 g/mol. The van der Waals surface area contributed by atoms with E-state index >= 15 is 0 Å². The molecule has 0 aliphatic rings. The molecule has 0 saturated heterocycles. The van der Waals surface area contributed by atoms with Gasteiger partial charge in [0.2, 0.25) is 0 Å². The van der Waals surface area contributed by atoms with E-state index in [1.807, 2.05) is 0 Å². The zero-order chi connectivity index (χ0) is 14.9. The molecule has 0 fully saturated rings. The fraction of sp³-hybridized carbons (Fsp3) is 0.0714. The predicted molar refractivity (Wildman–Crippen MR) is 69.6 cm³/mol. The number of hydrogen-bond donors (Lipinski definition) is 0. The van der Waals surface area contributed by atoms with Crippen molar-refractivity contribution in [2.45, 2.75) is 6.18 Å². The smallest absolute Gasteiger partial charge is 0.290 e. The second-order valence-corrected chi connectivity index (χ2v) is 4.25. The van der Waals surface area contributed by atoms with Gasteiger partial charge in [-0.15, -0.1) is 0 Å². The maximum Gasteiger partial charge on any atom is 0.417 e. The van der Waals surface area contributed by atoms with Crippen LogP contribution in [0.5, 0.6) is 0 Å². The van der Waals surface area contributed by atoms with Crippen LogP contribution in [0.25, 0.3) is 17.2 Å². The largest absolute Gasteiger partial charge is 0.417 e. The Morgan fingerprint density at radius 3 is 2.52 bits per heavy atom. The summed E-state index contributed by atoms with van der Waals surface area (Å²) in [5.74, 6) is 0.476. The molecule has 1 aromatic carbocycles. The highest BCUT2D eigenvalue weighted by molar-refractivity contribution is 5.61. The van der Waals surface area contributed by atoms with E-state index in [-0.39, 0.29) is 11.4 Å². The third kappa shape index (κ3) is 2.62. The molecule has 0 N–H and O–H groups in total. The van der Waals surface area contributed by atoms with Gasteiger partial charge in [0.1, 0.15) is 12.1 Å². The molecular formula is C14H9F3N4. The Morgan fingerprint density at radius 1 is 1.00 bits per heavy atom. The Kier molecular flexibility index (Phi) is 3.17. The Morgan fingerprint density at radius 2 is 1.81 bits per heavy atom. The summed E-state index contributed by atoms with van der Waals surface area (Å²) in [6, 6.07) is 6.84. The van der Waals surface area contributed by atoms with Gasteiger partial charge < -0.3 is 0 Å². The van der Waals surface area contributed by atoms with Crippen LogP contribution >= 0.6 is 0 Å². The van der Waals surface area contributed by atoms with Crippen LogP contribution in [0.15, 0.2) is 55.2 Å². The van der Waals surface area contributed by atoms with Crippen LogP contribution in [0.2, 0.25) is 0 Å². The van der Waals surface area contributed by atoms with Crippen molar-refractivity contribution < 1.29 is 13.2 Å². The number of benzene rings is 1. The molecule has 0 amide bonds. The summed E-state index contributed by atoms with van der Waals surface area (Å²) in [5.41, 5.74) is -0.806. The van der Waals surface area contributed by atoms with Crippen molar-refractivity contribution in [1.82, 2.24) is 19.5 Å². The van der Waals surface area contributed by atoms with Crippen molar-refractivity contribution in [1.29, 1.82) is 0 Å². The van der Waals surface area contributed by atoms with Gasteiger partial charge in [0.15, 0.2) is 5.82 Å². The molecule has 0 radical (unpaired) electrons. The Hall–Kier alpha value is -2.70. The first-order valence-corrected chi connectivity index (χ1v) is 6.04. The average Bonchev–Trinajstić information content (AvgIpc) is 3.01. The Bertz CT molecular complexity index is 751. The molecule has 0 spiro atoms. The molecule has 7 heteroatoms. The molecule has 3 aromatic rings. The molecule has 3 rings (SSSR count). The third-order valence-corrected chi connectivity index (χ3v) is 2.88. The molecule has 0 bridgehead atoms. The summed E-state index contributed by atoms with van der Waals surface area (Å²) >= 11 is 0. The summed E-state index contributed by atoms with van der Waals surface area (Å²) in [5, 5.41) is 0. The highest BCUT2D eigenvalue weighted by Gasteiger charge is 2.34. The molecule has 2 aromatic heterocycles. The van der Waals surface area contributed by atoms with Crippen molar-refractivity contribution in [2.24, 2.45) is 0 Å². The summed E-state index contributed by atoms with van der Waals surface area (Å²) in [6.45, 7) is 0. The van der Waals surface area contributed by atoms with Gasteiger partial charge in [0, 0.05) is 24.2 Å². The fourth-order valence-electron chi connectivity index (χ4n) is 1.94. The number of imidazole rings is 1. The molecule has 2 heterocycles. The zero-order valence-electron chi connectivity index (χ0n) is 10.6. The van der Waals surface area contributed by atoms with Crippen LogP contribution in [0.1, 0.15) is 5.56 Å².